The van der Waals surface area contributed by atoms with Gasteiger partial charge in [0.25, 0.3) is 0 Å². The van der Waals surface area contributed by atoms with E-state index in [1.807, 2.05) is 0 Å². The van der Waals surface area contributed by atoms with Crippen LogP contribution in [0, 0.1) is 0 Å². The molecular weight excluding hydrogens is 443 g/mol. The van der Waals surface area contributed by atoms with Crippen molar-refractivity contribution in [1.82, 2.24) is 10.6 Å². The second kappa shape index (κ2) is 11.3. The van der Waals surface area contributed by atoms with E-state index >= 15 is 0 Å². The van der Waals surface area contributed by atoms with Crippen LogP contribution in [0.4, 0.5) is 8.78 Å². The molecule has 1 aromatic carbocycles. The highest BCUT2D eigenvalue weighted by Crippen LogP contribution is 2.26. The topological polar surface area (TPSA) is 54.9 Å². The van der Waals surface area contributed by atoms with Gasteiger partial charge in [-0.05, 0) is 25.0 Å². The van der Waals surface area contributed by atoms with Crippen molar-refractivity contribution in [2.45, 2.75) is 51.3 Å². The zero-order chi connectivity index (χ0) is 17.4. The first-order valence-electron chi connectivity index (χ1n) is 8.21. The van der Waals surface area contributed by atoms with Crippen molar-refractivity contribution in [3.8, 4) is 11.5 Å². The molecule has 1 fully saturated rings. The number of aliphatic imine (C=N–C) groups is 1. The molecule has 2 N–H and O–H groups in total. The van der Waals surface area contributed by atoms with E-state index in [0.29, 0.717) is 29.9 Å². The lowest BCUT2D eigenvalue weighted by atomic mass is 9.96. The Morgan fingerprint density at radius 3 is 2.60 bits per heavy atom. The zero-order valence-corrected chi connectivity index (χ0v) is 16.9. The summed E-state index contributed by atoms with van der Waals surface area (Å²) in [4.78, 5) is 4.20. The molecule has 142 valence electrons. The molecule has 0 aromatic heterocycles. The number of halogens is 3. The Morgan fingerprint density at radius 2 is 2.00 bits per heavy atom. The van der Waals surface area contributed by atoms with Gasteiger partial charge in [0, 0.05) is 31.3 Å². The lowest BCUT2D eigenvalue weighted by molar-refractivity contribution is -0.0505. The molecule has 2 rings (SSSR count). The number of hydrogen-bond donors (Lipinski definition) is 2. The molecule has 0 spiro atoms. The lowest BCUT2D eigenvalue weighted by Crippen LogP contribution is -2.43. The van der Waals surface area contributed by atoms with Gasteiger partial charge in [0.2, 0.25) is 0 Å². The minimum Gasteiger partial charge on any atom is -0.497 e. The smallest absolute Gasteiger partial charge is 0.387 e. The summed E-state index contributed by atoms with van der Waals surface area (Å²) in [5.41, 5.74) is 0.614. The number of nitrogens with one attached hydrogen (secondary N) is 2. The number of hydrogen-bond acceptors (Lipinski definition) is 3. The highest BCUT2D eigenvalue weighted by molar-refractivity contribution is 14.0. The molecule has 25 heavy (non-hydrogen) atoms. The second-order valence-corrected chi connectivity index (χ2v) is 5.76. The van der Waals surface area contributed by atoms with Crippen LogP contribution < -0.4 is 20.1 Å². The van der Waals surface area contributed by atoms with Crippen molar-refractivity contribution < 1.29 is 18.3 Å². The monoisotopic (exact) mass is 469 g/mol. The molecule has 1 saturated carbocycles. The Bertz CT molecular complexity index is 553. The number of alkyl halides is 2. The number of benzene rings is 1. The van der Waals surface area contributed by atoms with Crippen LogP contribution in [0.3, 0.4) is 0 Å². The molecule has 5 nitrogen and oxygen atoms in total. The Balaban J connectivity index is 0.00000312. The van der Waals surface area contributed by atoms with E-state index in [-0.39, 0.29) is 29.7 Å². The summed E-state index contributed by atoms with van der Waals surface area (Å²) in [7, 11) is 3.18. The van der Waals surface area contributed by atoms with Crippen LogP contribution in [0.15, 0.2) is 23.2 Å². The minimum absolute atomic E-state index is 0. The summed E-state index contributed by atoms with van der Waals surface area (Å²) in [5, 5.41) is 6.54. The van der Waals surface area contributed by atoms with Crippen LogP contribution in [0.5, 0.6) is 11.5 Å². The van der Waals surface area contributed by atoms with E-state index in [9.17, 15) is 8.78 Å². The molecular formula is C17H26F2IN3O2. The van der Waals surface area contributed by atoms with Gasteiger partial charge in [-0.2, -0.15) is 8.78 Å². The minimum atomic E-state index is -2.88. The van der Waals surface area contributed by atoms with Gasteiger partial charge in [0.15, 0.2) is 5.96 Å². The first kappa shape index (κ1) is 21.7. The molecule has 0 amide bonds. The van der Waals surface area contributed by atoms with Crippen LogP contribution in [-0.4, -0.2) is 32.8 Å². The summed E-state index contributed by atoms with van der Waals surface area (Å²) in [6.07, 6.45) is 5.98. The molecule has 1 aliphatic carbocycles. The molecule has 0 bridgehead atoms. The van der Waals surface area contributed by atoms with Gasteiger partial charge in [-0.1, -0.05) is 19.3 Å². The third-order valence-corrected chi connectivity index (χ3v) is 4.11. The fraction of sp³-hybridized carbons (Fsp3) is 0.588. The predicted molar refractivity (Wildman–Crippen MR) is 105 cm³/mol. The quantitative estimate of drug-likeness (QED) is 0.377. The molecule has 0 heterocycles. The van der Waals surface area contributed by atoms with Gasteiger partial charge in [-0.25, -0.2) is 0 Å². The SMILES string of the molecule is CN=C(NCc1ccc(OC)cc1OC(F)F)NC1CCCCC1.I. The molecule has 0 radical (unpaired) electrons. The Labute approximate surface area is 164 Å². The van der Waals surface area contributed by atoms with Gasteiger partial charge >= 0.3 is 6.61 Å². The molecule has 0 unspecified atom stereocenters. The van der Waals surface area contributed by atoms with E-state index in [2.05, 4.69) is 20.4 Å². The lowest BCUT2D eigenvalue weighted by Gasteiger charge is -2.25. The molecule has 1 aromatic rings. The average Bonchev–Trinajstić information content (AvgIpc) is 2.59. The highest BCUT2D eigenvalue weighted by Gasteiger charge is 2.15. The fourth-order valence-corrected chi connectivity index (χ4v) is 2.83. The van der Waals surface area contributed by atoms with Crippen molar-refractivity contribution >= 4 is 29.9 Å². The number of nitrogens with zero attached hydrogens (tertiary/aromatic N) is 1. The normalized spacial score (nSPS) is 15.5. The van der Waals surface area contributed by atoms with E-state index < -0.39 is 6.61 Å². The van der Waals surface area contributed by atoms with Crippen LogP contribution in [0.25, 0.3) is 0 Å². The third kappa shape index (κ3) is 7.21. The van der Waals surface area contributed by atoms with Gasteiger partial charge in [0.05, 0.1) is 7.11 Å². The fourth-order valence-electron chi connectivity index (χ4n) is 2.83. The number of rotatable bonds is 6. The summed E-state index contributed by atoms with van der Waals surface area (Å²) in [6.45, 7) is -2.55. The van der Waals surface area contributed by atoms with E-state index in [1.54, 1.807) is 19.2 Å². The third-order valence-electron chi connectivity index (χ3n) is 4.11. The van der Waals surface area contributed by atoms with Crippen molar-refractivity contribution in [1.29, 1.82) is 0 Å². The molecule has 8 heteroatoms. The van der Waals surface area contributed by atoms with Crippen LogP contribution in [-0.2, 0) is 6.54 Å². The van der Waals surface area contributed by atoms with Gasteiger partial charge < -0.3 is 20.1 Å². The summed E-state index contributed by atoms with van der Waals surface area (Å²) in [6, 6.07) is 5.29. The van der Waals surface area contributed by atoms with Gasteiger partial charge in [0.1, 0.15) is 11.5 Å². The predicted octanol–water partition coefficient (Wildman–Crippen LogP) is 3.91. The largest absolute Gasteiger partial charge is 0.497 e. The standard InChI is InChI=1S/C17H25F2N3O2.HI/c1-20-17(22-13-6-4-3-5-7-13)21-11-12-8-9-14(23-2)10-15(12)24-16(18)19;/h8-10,13,16H,3-7,11H2,1-2H3,(H2,20,21,22);1H. The zero-order valence-electron chi connectivity index (χ0n) is 14.6. The van der Waals surface area contributed by atoms with Crippen molar-refractivity contribution in [3.05, 3.63) is 23.8 Å². The average molecular weight is 469 g/mol. The summed E-state index contributed by atoms with van der Waals surface area (Å²) >= 11 is 0. The van der Waals surface area contributed by atoms with E-state index in [1.165, 1.54) is 32.4 Å². The summed E-state index contributed by atoms with van der Waals surface area (Å²) in [5.74, 6) is 1.24. The van der Waals surface area contributed by atoms with Crippen LogP contribution in [0.2, 0.25) is 0 Å². The number of ether oxygens (including phenoxy) is 2. The molecule has 0 saturated heterocycles. The van der Waals surface area contributed by atoms with Crippen LogP contribution in [0.1, 0.15) is 37.7 Å². The summed E-state index contributed by atoms with van der Waals surface area (Å²) < 4.78 is 34.8. The van der Waals surface area contributed by atoms with Crippen LogP contribution >= 0.6 is 24.0 Å². The highest BCUT2D eigenvalue weighted by atomic mass is 127. The maximum absolute atomic E-state index is 12.6. The van der Waals surface area contributed by atoms with Crippen molar-refractivity contribution in [2.24, 2.45) is 4.99 Å². The first-order chi connectivity index (χ1) is 11.6. The first-order valence-corrected chi connectivity index (χ1v) is 8.21. The molecule has 0 atom stereocenters. The Kier molecular flexibility index (Phi) is 9.84. The Morgan fingerprint density at radius 1 is 1.28 bits per heavy atom. The maximum atomic E-state index is 12.6. The van der Waals surface area contributed by atoms with E-state index in [4.69, 9.17) is 4.74 Å². The van der Waals surface area contributed by atoms with Gasteiger partial charge in [-0.15, -0.1) is 24.0 Å². The molecule has 1 aliphatic rings. The number of methoxy groups -OCH3 is 1. The Hall–Kier alpha value is -1.32. The molecule has 0 aliphatic heterocycles. The van der Waals surface area contributed by atoms with Crippen molar-refractivity contribution in [3.63, 3.8) is 0 Å². The van der Waals surface area contributed by atoms with Crippen molar-refractivity contribution in [2.75, 3.05) is 14.2 Å². The number of guanidine groups is 1. The maximum Gasteiger partial charge on any atom is 0.387 e. The van der Waals surface area contributed by atoms with E-state index in [0.717, 1.165) is 12.8 Å². The van der Waals surface area contributed by atoms with Gasteiger partial charge in [-0.3, -0.25) is 4.99 Å². The second-order valence-electron chi connectivity index (χ2n) is 5.76.